The minimum Gasteiger partial charge on any atom is -0.481 e. The number of carbonyl (C=O) groups is 3. The number of amides is 3. The van der Waals surface area contributed by atoms with E-state index in [9.17, 15) is 14.4 Å². The second-order valence-corrected chi connectivity index (χ2v) is 5.80. The van der Waals surface area contributed by atoms with Crippen LogP contribution >= 0.6 is 0 Å². The van der Waals surface area contributed by atoms with E-state index in [1.54, 1.807) is 0 Å². The van der Waals surface area contributed by atoms with Gasteiger partial charge in [0.15, 0.2) is 0 Å². The lowest BCUT2D eigenvalue weighted by molar-refractivity contribution is -0.142. The molecule has 1 heterocycles. The van der Waals surface area contributed by atoms with Crippen molar-refractivity contribution in [2.45, 2.75) is 50.6 Å². The van der Waals surface area contributed by atoms with E-state index in [1.807, 2.05) is 6.92 Å². The Morgan fingerprint density at radius 1 is 1.45 bits per heavy atom. The van der Waals surface area contributed by atoms with Crippen molar-refractivity contribution in [1.29, 1.82) is 0 Å². The number of nitrogens with one attached hydrogen (secondary N) is 2. The third-order valence-corrected chi connectivity index (χ3v) is 4.08. The number of aliphatic carboxylic acids is 1. The molecule has 0 aromatic carbocycles. The molecule has 20 heavy (non-hydrogen) atoms. The molecular formula is C13H21N3O4. The predicted octanol–water partition coefficient (Wildman–Crippen LogP) is 0.304. The van der Waals surface area contributed by atoms with Gasteiger partial charge in [-0.25, -0.2) is 4.79 Å². The minimum absolute atomic E-state index is 0.237. The highest BCUT2D eigenvalue weighted by Gasteiger charge is 2.38. The van der Waals surface area contributed by atoms with Gasteiger partial charge < -0.3 is 20.6 Å². The first-order chi connectivity index (χ1) is 9.41. The molecule has 0 aromatic rings. The number of hydrogen-bond acceptors (Lipinski definition) is 3. The zero-order chi connectivity index (χ0) is 14.8. The van der Waals surface area contributed by atoms with Crippen LogP contribution in [0.1, 0.15) is 39.0 Å². The van der Waals surface area contributed by atoms with Crippen molar-refractivity contribution >= 4 is 17.9 Å². The van der Waals surface area contributed by atoms with Crippen molar-refractivity contribution in [2.75, 3.05) is 13.1 Å². The van der Waals surface area contributed by atoms with Gasteiger partial charge in [0.1, 0.15) is 6.04 Å². The summed E-state index contributed by atoms with van der Waals surface area (Å²) in [6.45, 7) is 2.69. The first kappa shape index (κ1) is 14.6. The fourth-order valence-corrected chi connectivity index (χ4v) is 2.94. The fourth-order valence-electron chi connectivity index (χ4n) is 2.94. The normalized spacial score (nSPS) is 25.1. The van der Waals surface area contributed by atoms with Gasteiger partial charge in [0, 0.05) is 18.6 Å². The molecule has 3 amide bonds. The lowest BCUT2D eigenvalue weighted by Crippen LogP contribution is -2.62. The molecule has 1 aliphatic carbocycles. The minimum atomic E-state index is -1.09. The van der Waals surface area contributed by atoms with E-state index in [0.29, 0.717) is 13.1 Å². The Labute approximate surface area is 117 Å². The second-order valence-electron chi connectivity index (χ2n) is 5.80. The van der Waals surface area contributed by atoms with Crippen molar-refractivity contribution in [3.05, 3.63) is 0 Å². The highest BCUT2D eigenvalue weighted by atomic mass is 16.4. The molecule has 0 spiro atoms. The summed E-state index contributed by atoms with van der Waals surface area (Å²) in [5, 5.41) is 14.4. The summed E-state index contributed by atoms with van der Waals surface area (Å²) in [4.78, 5) is 36.3. The van der Waals surface area contributed by atoms with Crippen LogP contribution in [0.5, 0.6) is 0 Å². The molecule has 3 N–H and O–H groups in total. The van der Waals surface area contributed by atoms with Gasteiger partial charge in [0.25, 0.3) is 0 Å². The van der Waals surface area contributed by atoms with Gasteiger partial charge in [0.2, 0.25) is 5.91 Å². The van der Waals surface area contributed by atoms with E-state index < -0.39 is 17.9 Å². The lowest BCUT2D eigenvalue weighted by Gasteiger charge is -2.37. The first-order valence-electron chi connectivity index (χ1n) is 7.00. The lowest BCUT2D eigenvalue weighted by atomic mass is 10.0. The fraction of sp³-hybridized carbons (Fsp3) is 0.769. The molecule has 2 fully saturated rings. The van der Waals surface area contributed by atoms with E-state index in [0.717, 1.165) is 25.7 Å². The largest absolute Gasteiger partial charge is 0.481 e. The quantitative estimate of drug-likeness (QED) is 0.694. The van der Waals surface area contributed by atoms with Gasteiger partial charge in [-0.1, -0.05) is 12.8 Å². The molecule has 1 atom stereocenters. The number of carboxylic acid groups (broad SMARTS) is 1. The van der Waals surface area contributed by atoms with E-state index in [-0.39, 0.29) is 18.0 Å². The Morgan fingerprint density at radius 2 is 2.10 bits per heavy atom. The van der Waals surface area contributed by atoms with Crippen molar-refractivity contribution in [1.82, 2.24) is 15.5 Å². The molecule has 2 rings (SSSR count). The van der Waals surface area contributed by atoms with Gasteiger partial charge in [-0.2, -0.15) is 0 Å². The summed E-state index contributed by atoms with van der Waals surface area (Å²) in [7, 11) is 0. The maximum absolute atomic E-state index is 12.3. The summed E-state index contributed by atoms with van der Waals surface area (Å²) in [6.07, 6.45) is 3.63. The number of piperazine rings is 1. The summed E-state index contributed by atoms with van der Waals surface area (Å²) < 4.78 is 0. The van der Waals surface area contributed by atoms with Crippen molar-refractivity contribution < 1.29 is 19.5 Å². The van der Waals surface area contributed by atoms with Crippen LogP contribution in [0.15, 0.2) is 0 Å². The van der Waals surface area contributed by atoms with E-state index in [2.05, 4.69) is 10.6 Å². The highest BCUT2D eigenvalue weighted by Crippen LogP contribution is 2.29. The number of carboxylic acids is 1. The summed E-state index contributed by atoms with van der Waals surface area (Å²) in [5.74, 6) is -1.48. The maximum atomic E-state index is 12.3. The Kier molecular flexibility index (Phi) is 4.15. The molecule has 2 aliphatic rings. The van der Waals surface area contributed by atoms with E-state index in [1.165, 1.54) is 4.90 Å². The zero-order valence-electron chi connectivity index (χ0n) is 11.6. The average Bonchev–Trinajstić information content (AvgIpc) is 2.77. The third kappa shape index (κ3) is 3.20. The van der Waals surface area contributed by atoms with Crippen molar-refractivity contribution in [3.8, 4) is 0 Å². The van der Waals surface area contributed by atoms with Crippen LogP contribution in [0, 0.1) is 0 Å². The first-order valence-corrected chi connectivity index (χ1v) is 7.00. The average molecular weight is 283 g/mol. The topological polar surface area (TPSA) is 98.7 Å². The number of hydrogen-bond donors (Lipinski definition) is 3. The van der Waals surface area contributed by atoms with Crippen molar-refractivity contribution in [3.63, 3.8) is 0 Å². The second kappa shape index (κ2) is 5.68. The Hall–Kier alpha value is -1.79. The SMILES string of the molecule is CC1(NC(=O)N2CCNC(=O)C2CC(=O)O)CCCC1. The van der Waals surface area contributed by atoms with Crippen LogP contribution in [0.4, 0.5) is 4.79 Å². The molecular weight excluding hydrogens is 262 g/mol. The van der Waals surface area contributed by atoms with Crippen LogP contribution in [-0.2, 0) is 9.59 Å². The predicted molar refractivity (Wildman–Crippen MR) is 71.2 cm³/mol. The van der Waals surface area contributed by atoms with Gasteiger partial charge in [-0.15, -0.1) is 0 Å². The number of carbonyl (C=O) groups excluding carboxylic acids is 2. The van der Waals surface area contributed by atoms with Gasteiger partial charge in [-0.3, -0.25) is 9.59 Å². The molecule has 7 nitrogen and oxygen atoms in total. The number of urea groups is 1. The molecule has 112 valence electrons. The Morgan fingerprint density at radius 3 is 2.70 bits per heavy atom. The third-order valence-electron chi connectivity index (χ3n) is 4.08. The summed E-state index contributed by atoms with van der Waals surface area (Å²) >= 11 is 0. The van der Waals surface area contributed by atoms with Crippen LogP contribution in [0.2, 0.25) is 0 Å². The van der Waals surface area contributed by atoms with Gasteiger partial charge in [0.05, 0.1) is 6.42 Å². The number of rotatable bonds is 3. The Bertz CT molecular complexity index is 418. The molecule has 0 bridgehead atoms. The molecule has 0 radical (unpaired) electrons. The van der Waals surface area contributed by atoms with Crippen LogP contribution < -0.4 is 10.6 Å². The summed E-state index contributed by atoms with van der Waals surface area (Å²) in [6, 6.07) is -1.26. The van der Waals surface area contributed by atoms with Gasteiger partial charge in [-0.05, 0) is 19.8 Å². The zero-order valence-corrected chi connectivity index (χ0v) is 11.6. The molecule has 1 unspecified atom stereocenters. The van der Waals surface area contributed by atoms with Crippen LogP contribution in [0.3, 0.4) is 0 Å². The van der Waals surface area contributed by atoms with Gasteiger partial charge >= 0.3 is 12.0 Å². The Balaban J connectivity index is 2.05. The van der Waals surface area contributed by atoms with Crippen molar-refractivity contribution in [2.24, 2.45) is 0 Å². The molecule has 1 saturated carbocycles. The summed E-state index contributed by atoms with van der Waals surface area (Å²) in [5.41, 5.74) is -0.237. The number of nitrogens with zero attached hydrogens (tertiary/aromatic N) is 1. The maximum Gasteiger partial charge on any atom is 0.318 e. The smallest absolute Gasteiger partial charge is 0.318 e. The highest BCUT2D eigenvalue weighted by molar-refractivity contribution is 5.91. The monoisotopic (exact) mass is 283 g/mol. The molecule has 1 aliphatic heterocycles. The van der Waals surface area contributed by atoms with Crippen LogP contribution in [0.25, 0.3) is 0 Å². The molecule has 0 aromatic heterocycles. The van der Waals surface area contributed by atoms with E-state index in [4.69, 9.17) is 5.11 Å². The van der Waals surface area contributed by atoms with Crippen LogP contribution in [-0.4, -0.2) is 52.6 Å². The standard InChI is InChI=1S/C13H21N3O4/c1-13(4-2-3-5-13)15-12(20)16-7-6-14-11(19)9(16)8-10(17)18/h9H,2-8H2,1H3,(H,14,19)(H,15,20)(H,17,18). The van der Waals surface area contributed by atoms with E-state index >= 15 is 0 Å². The molecule has 7 heteroatoms. The molecule has 1 saturated heterocycles.